The monoisotopic (exact) mass is 170 g/mol. The van der Waals surface area contributed by atoms with E-state index >= 15 is 0 Å². The predicted molar refractivity (Wildman–Crippen MR) is 39.4 cm³/mol. The molecule has 0 N–H and O–H groups in total. The minimum absolute atomic E-state index is 0.0194. The van der Waals surface area contributed by atoms with E-state index < -0.39 is 11.9 Å². The molecule has 0 aliphatic heterocycles. The fraction of sp³-hybridized carbons (Fsp3) is 0.625. The zero-order valence-corrected chi connectivity index (χ0v) is 6.83. The van der Waals surface area contributed by atoms with E-state index in [4.69, 9.17) is 0 Å². The van der Waals surface area contributed by atoms with Gasteiger partial charge in [0, 0.05) is 19.3 Å². The SMILES string of the molecule is COC(=O)C1CC(=O)CCC1=O. The first kappa shape index (κ1) is 8.90. The molecule has 12 heavy (non-hydrogen) atoms. The molecule has 0 spiro atoms. The van der Waals surface area contributed by atoms with Crippen molar-refractivity contribution in [2.45, 2.75) is 19.3 Å². The molecule has 4 heteroatoms. The van der Waals surface area contributed by atoms with Crippen LogP contribution in [-0.2, 0) is 19.1 Å². The van der Waals surface area contributed by atoms with Gasteiger partial charge in [0.2, 0.25) is 0 Å². The fourth-order valence-corrected chi connectivity index (χ4v) is 1.24. The number of methoxy groups -OCH3 is 1. The third-order valence-electron chi connectivity index (χ3n) is 1.96. The molecule has 1 fully saturated rings. The number of ether oxygens (including phenoxy) is 1. The summed E-state index contributed by atoms with van der Waals surface area (Å²) in [5.41, 5.74) is 0. The van der Waals surface area contributed by atoms with Crippen molar-refractivity contribution in [1.82, 2.24) is 0 Å². The van der Waals surface area contributed by atoms with Crippen LogP contribution in [-0.4, -0.2) is 24.6 Å². The number of esters is 1. The summed E-state index contributed by atoms with van der Waals surface area (Å²) >= 11 is 0. The van der Waals surface area contributed by atoms with Crippen LogP contribution < -0.4 is 0 Å². The Balaban J connectivity index is 2.67. The molecule has 1 aliphatic rings. The minimum Gasteiger partial charge on any atom is -0.468 e. The van der Waals surface area contributed by atoms with Crippen molar-refractivity contribution >= 4 is 17.5 Å². The molecular formula is C8H10O4. The van der Waals surface area contributed by atoms with E-state index in [2.05, 4.69) is 4.74 Å². The maximum atomic E-state index is 11.1. The summed E-state index contributed by atoms with van der Waals surface area (Å²) in [7, 11) is 1.22. The van der Waals surface area contributed by atoms with Gasteiger partial charge in [-0.25, -0.2) is 0 Å². The van der Waals surface area contributed by atoms with Gasteiger partial charge in [-0.2, -0.15) is 0 Å². The Morgan fingerprint density at radius 2 is 2.08 bits per heavy atom. The van der Waals surface area contributed by atoms with Crippen LogP contribution in [0.3, 0.4) is 0 Å². The highest BCUT2D eigenvalue weighted by atomic mass is 16.5. The van der Waals surface area contributed by atoms with E-state index in [1.807, 2.05) is 0 Å². The Morgan fingerprint density at radius 3 is 2.67 bits per heavy atom. The average molecular weight is 170 g/mol. The summed E-state index contributed by atoms with van der Waals surface area (Å²) in [6, 6.07) is 0. The number of carbonyl (C=O) groups excluding carboxylic acids is 3. The zero-order chi connectivity index (χ0) is 9.14. The Morgan fingerprint density at radius 1 is 1.42 bits per heavy atom. The number of rotatable bonds is 1. The quantitative estimate of drug-likeness (QED) is 0.413. The first-order valence-corrected chi connectivity index (χ1v) is 3.77. The lowest BCUT2D eigenvalue weighted by Gasteiger charge is -2.16. The third kappa shape index (κ3) is 1.69. The van der Waals surface area contributed by atoms with E-state index in [9.17, 15) is 14.4 Å². The molecule has 0 aromatic rings. The first-order chi connectivity index (χ1) is 5.65. The fourth-order valence-electron chi connectivity index (χ4n) is 1.24. The highest BCUT2D eigenvalue weighted by molar-refractivity contribution is 6.06. The van der Waals surface area contributed by atoms with Gasteiger partial charge in [-0.1, -0.05) is 0 Å². The van der Waals surface area contributed by atoms with E-state index in [1.165, 1.54) is 7.11 Å². The highest BCUT2D eigenvalue weighted by Crippen LogP contribution is 2.18. The molecule has 1 atom stereocenters. The minimum atomic E-state index is -0.837. The van der Waals surface area contributed by atoms with Crippen LogP contribution in [0.4, 0.5) is 0 Å². The van der Waals surface area contributed by atoms with Crippen LogP contribution in [0.15, 0.2) is 0 Å². The predicted octanol–water partition coefficient (Wildman–Crippen LogP) is 0.0977. The number of carbonyl (C=O) groups is 3. The van der Waals surface area contributed by atoms with Gasteiger partial charge in [-0.05, 0) is 0 Å². The summed E-state index contributed by atoms with van der Waals surface area (Å²) in [5.74, 6) is -1.64. The van der Waals surface area contributed by atoms with Crippen LogP contribution in [0, 0.1) is 5.92 Å². The van der Waals surface area contributed by atoms with Crippen molar-refractivity contribution in [3.05, 3.63) is 0 Å². The second kappa shape index (κ2) is 3.47. The van der Waals surface area contributed by atoms with Crippen molar-refractivity contribution < 1.29 is 19.1 Å². The van der Waals surface area contributed by atoms with Crippen molar-refractivity contribution in [3.8, 4) is 0 Å². The van der Waals surface area contributed by atoms with Gasteiger partial charge >= 0.3 is 5.97 Å². The molecule has 0 heterocycles. The second-order valence-corrected chi connectivity index (χ2v) is 2.78. The van der Waals surface area contributed by atoms with Gasteiger partial charge in [0.15, 0.2) is 0 Å². The molecule has 1 saturated carbocycles. The van der Waals surface area contributed by atoms with E-state index in [1.54, 1.807) is 0 Å². The van der Waals surface area contributed by atoms with Crippen LogP contribution in [0.5, 0.6) is 0 Å². The molecule has 0 bridgehead atoms. The number of Topliss-reactive ketones (excluding diaryl/α,β-unsaturated/α-hetero) is 2. The van der Waals surface area contributed by atoms with Crippen LogP contribution in [0.2, 0.25) is 0 Å². The lowest BCUT2D eigenvalue weighted by Crippen LogP contribution is -2.32. The zero-order valence-electron chi connectivity index (χ0n) is 6.83. The van der Waals surface area contributed by atoms with Crippen LogP contribution in [0.25, 0.3) is 0 Å². The third-order valence-corrected chi connectivity index (χ3v) is 1.96. The largest absolute Gasteiger partial charge is 0.468 e. The van der Waals surface area contributed by atoms with Crippen molar-refractivity contribution in [2.75, 3.05) is 7.11 Å². The summed E-state index contributed by atoms with van der Waals surface area (Å²) in [6.45, 7) is 0. The van der Waals surface area contributed by atoms with Gasteiger partial charge in [0.25, 0.3) is 0 Å². The molecule has 1 unspecified atom stereocenters. The van der Waals surface area contributed by atoms with E-state index in [0.29, 0.717) is 0 Å². The van der Waals surface area contributed by atoms with Crippen molar-refractivity contribution in [2.24, 2.45) is 5.92 Å². The summed E-state index contributed by atoms with van der Waals surface area (Å²) < 4.78 is 4.40. The van der Waals surface area contributed by atoms with E-state index in [0.717, 1.165) is 0 Å². The van der Waals surface area contributed by atoms with Crippen LogP contribution in [0.1, 0.15) is 19.3 Å². The van der Waals surface area contributed by atoms with Crippen molar-refractivity contribution in [3.63, 3.8) is 0 Å². The summed E-state index contributed by atoms with van der Waals surface area (Å²) in [6.07, 6.45) is 0.469. The average Bonchev–Trinajstić information content (AvgIpc) is 2.08. The Kier molecular flexibility index (Phi) is 2.58. The normalized spacial score (nSPS) is 23.9. The van der Waals surface area contributed by atoms with E-state index in [-0.39, 0.29) is 30.8 Å². The van der Waals surface area contributed by atoms with Gasteiger partial charge in [-0.15, -0.1) is 0 Å². The Hall–Kier alpha value is -1.19. The second-order valence-electron chi connectivity index (χ2n) is 2.78. The highest BCUT2D eigenvalue weighted by Gasteiger charge is 2.33. The number of hydrogen-bond acceptors (Lipinski definition) is 4. The van der Waals surface area contributed by atoms with Crippen molar-refractivity contribution in [1.29, 1.82) is 0 Å². The molecule has 0 aromatic carbocycles. The first-order valence-electron chi connectivity index (χ1n) is 3.77. The van der Waals surface area contributed by atoms with Gasteiger partial charge in [-0.3, -0.25) is 14.4 Å². The molecule has 1 rings (SSSR count). The number of hydrogen-bond donors (Lipinski definition) is 0. The summed E-state index contributed by atoms with van der Waals surface area (Å²) in [5, 5.41) is 0. The maximum absolute atomic E-state index is 11.1. The smallest absolute Gasteiger partial charge is 0.316 e. The summed E-state index contributed by atoms with van der Waals surface area (Å²) in [4.78, 5) is 32.9. The molecule has 4 nitrogen and oxygen atoms in total. The Bertz CT molecular complexity index is 223. The van der Waals surface area contributed by atoms with Gasteiger partial charge in [0.05, 0.1) is 7.11 Å². The molecule has 0 radical (unpaired) electrons. The molecule has 66 valence electrons. The maximum Gasteiger partial charge on any atom is 0.316 e. The molecule has 1 aliphatic carbocycles. The molecule has 0 saturated heterocycles. The standard InChI is InChI=1S/C8H10O4/c1-12-8(11)6-4-5(9)2-3-7(6)10/h6H,2-4H2,1H3. The lowest BCUT2D eigenvalue weighted by atomic mass is 9.87. The molecular weight excluding hydrogens is 160 g/mol. The number of ketones is 2. The topological polar surface area (TPSA) is 60.4 Å². The molecule has 0 aromatic heterocycles. The van der Waals surface area contributed by atoms with Crippen LogP contribution >= 0.6 is 0 Å². The Labute approximate surface area is 69.9 Å². The lowest BCUT2D eigenvalue weighted by molar-refractivity contribution is -0.153. The van der Waals surface area contributed by atoms with Gasteiger partial charge in [0.1, 0.15) is 17.5 Å². The van der Waals surface area contributed by atoms with Gasteiger partial charge < -0.3 is 4.74 Å². The molecule has 0 amide bonds.